The summed E-state index contributed by atoms with van der Waals surface area (Å²) in [4.78, 5) is 26.3. The Bertz CT molecular complexity index is 1350. The van der Waals surface area contributed by atoms with Crippen molar-refractivity contribution in [3.8, 4) is 0 Å². The average molecular weight is 595 g/mol. The number of carbonyl (C=O) groups excluding carboxylic acids is 2. The Morgan fingerprint density at radius 1 is 0.707 bits per heavy atom. The maximum Gasteiger partial charge on any atom is 0.416 e. The maximum atomic E-state index is 13.4. The van der Waals surface area contributed by atoms with Gasteiger partial charge in [0.25, 0.3) is 5.91 Å². The number of nitrogens with zero attached hydrogens (tertiary/aromatic N) is 1. The minimum Gasteiger partial charge on any atom is -0.352 e. The van der Waals surface area contributed by atoms with E-state index in [0.717, 1.165) is 29.2 Å². The summed E-state index contributed by atoms with van der Waals surface area (Å²) >= 11 is 0. The Labute approximate surface area is 225 Å². The Kier molecular flexibility index (Phi) is 9.19. The Morgan fingerprint density at radius 3 is 1.80 bits per heavy atom. The fraction of sp³-hybridized carbons (Fsp3) is 0.231. The van der Waals surface area contributed by atoms with Crippen LogP contribution in [0, 0.1) is 5.82 Å². The van der Waals surface area contributed by atoms with E-state index in [1.165, 1.54) is 18.2 Å². The molecule has 220 valence electrons. The molecule has 5 nitrogen and oxygen atoms in total. The number of hydrogen-bond acceptors (Lipinski definition) is 2. The van der Waals surface area contributed by atoms with Gasteiger partial charge in [-0.2, -0.15) is 39.5 Å². The summed E-state index contributed by atoms with van der Waals surface area (Å²) in [5.74, 6) is -1.90. The minimum absolute atomic E-state index is 0.106. The molecule has 0 aliphatic carbocycles. The molecule has 2 N–H and O–H groups in total. The van der Waals surface area contributed by atoms with Crippen LogP contribution in [0.2, 0.25) is 0 Å². The van der Waals surface area contributed by atoms with E-state index in [4.69, 9.17) is 0 Å². The Hall–Kier alpha value is -4.30. The third kappa shape index (κ3) is 8.59. The number of anilines is 2. The third-order valence-electron chi connectivity index (χ3n) is 5.52. The van der Waals surface area contributed by atoms with Crippen LogP contribution in [0.4, 0.5) is 60.1 Å². The van der Waals surface area contributed by atoms with Crippen molar-refractivity contribution in [2.45, 2.75) is 24.9 Å². The molecule has 41 heavy (non-hydrogen) atoms. The standard InChI is InChI=1S/C26H19F10N3O2/c27-19-5-7-21(8-6-19)39(23(41)38-20-4-1-3-16(14-20)24(28,29)30)10-2-9-37-22(40)15-11-17(25(31,32)33)13-18(12-15)26(34,35)36/h1,3-8,11-14H,2,9-10H2,(H,37,40)(H,38,41). The lowest BCUT2D eigenvalue weighted by Crippen LogP contribution is -2.37. The van der Waals surface area contributed by atoms with Crippen LogP contribution in [0.25, 0.3) is 0 Å². The minimum atomic E-state index is -5.15. The Morgan fingerprint density at radius 2 is 1.27 bits per heavy atom. The molecule has 0 aliphatic heterocycles. The van der Waals surface area contributed by atoms with E-state index < -0.39 is 58.5 Å². The number of nitrogens with one attached hydrogen (secondary N) is 2. The zero-order valence-corrected chi connectivity index (χ0v) is 20.5. The van der Waals surface area contributed by atoms with Gasteiger partial charge in [0.1, 0.15) is 5.82 Å². The summed E-state index contributed by atoms with van der Waals surface area (Å²) in [5.41, 5.74) is -5.39. The molecule has 0 bridgehead atoms. The van der Waals surface area contributed by atoms with E-state index >= 15 is 0 Å². The quantitative estimate of drug-likeness (QED) is 0.217. The van der Waals surface area contributed by atoms with Crippen molar-refractivity contribution in [3.05, 3.63) is 94.8 Å². The fourth-order valence-electron chi connectivity index (χ4n) is 3.56. The van der Waals surface area contributed by atoms with E-state index in [0.29, 0.717) is 6.07 Å². The van der Waals surface area contributed by atoms with E-state index in [-0.39, 0.29) is 49.1 Å². The molecule has 0 aliphatic rings. The maximum absolute atomic E-state index is 13.4. The van der Waals surface area contributed by atoms with Gasteiger partial charge in [-0.3, -0.25) is 9.69 Å². The highest BCUT2D eigenvalue weighted by Crippen LogP contribution is 2.36. The zero-order valence-electron chi connectivity index (χ0n) is 20.5. The molecule has 3 aromatic rings. The van der Waals surface area contributed by atoms with Crippen molar-refractivity contribution >= 4 is 23.3 Å². The molecule has 0 spiro atoms. The van der Waals surface area contributed by atoms with Crippen molar-refractivity contribution < 1.29 is 53.5 Å². The molecule has 0 fully saturated rings. The van der Waals surface area contributed by atoms with Gasteiger partial charge in [0.15, 0.2) is 0 Å². The fourth-order valence-corrected chi connectivity index (χ4v) is 3.56. The predicted octanol–water partition coefficient (Wildman–Crippen LogP) is 7.74. The van der Waals surface area contributed by atoms with Crippen LogP contribution in [0.1, 0.15) is 33.5 Å². The number of alkyl halides is 9. The second kappa shape index (κ2) is 12.1. The molecule has 3 rings (SSSR count). The van der Waals surface area contributed by atoms with Crippen LogP contribution in [0.3, 0.4) is 0 Å². The van der Waals surface area contributed by atoms with Gasteiger partial charge in [0, 0.05) is 30.0 Å². The van der Waals surface area contributed by atoms with Gasteiger partial charge in [0.05, 0.1) is 16.7 Å². The lowest BCUT2D eigenvalue weighted by molar-refractivity contribution is -0.143. The van der Waals surface area contributed by atoms with Crippen LogP contribution in [-0.4, -0.2) is 25.0 Å². The summed E-state index contributed by atoms with van der Waals surface area (Å²) in [7, 11) is 0. The molecule has 0 saturated heterocycles. The number of rotatable bonds is 7. The van der Waals surface area contributed by atoms with Crippen molar-refractivity contribution in [2.75, 3.05) is 23.3 Å². The number of halogens is 10. The predicted molar refractivity (Wildman–Crippen MR) is 128 cm³/mol. The Balaban J connectivity index is 1.73. The second-order valence-corrected chi connectivity index (χ2v) is 8.54. The topological polar surface area (TPSA) is 61.4 Å². The van der Waals surface area contributed by atoms with Gasteiger partial charge < -0.3 is 10.6 Å². The second-order valence-electron chi connectivity index (χ2n) is 8.54. The van der Waals surface area contributed by atoms with E-state index in [2.05, 4.69) is 10.6 Å². The number of benzene rings is 3. The first-order valence-electron chi connectivity index (χ1n) is 11.5. The van der Waals surface area contributed by atoms with Crippen LogP contribution < -0.4 is 15.5 Å². The summed E-state index contributed by atoms with van der Waals surface area (Å²) in [6.45, 7) is -0.571. The van der Waals surface area contributed by atoms with Gasteiger partial charge >= 0.3 is 24.6 Å². The lowest BCUT2D eigenvalue weighted by Gasteiger charge is -2.24. The molecular weight excluding hydrogens is 576 g/mol. The van der Waals surface area contributed by atoms with Gasteiger partial charge in [-0.15, -0.1) is 0 Å². The highest BCUT2D eigenvalue weighted by atomic mass is 19.4. The molecule has 3 amide bonds. The molecule has 0 unspecified atom stereocenters. The summed E-state index contributed by atoms with van der Waals surface area (Å²) in [5, 5.41) is 4.44. The van der Waals surface area contributed by atoms with Crippen LogP contribution in [0.15, 0.2) is 66.7 Å². The van der Waals surface area contributed by atoms with Crippen LogP contribution in [-0.2, 0) is 18.5 Å². The van der Waals surface area contributed by atoms with E-state index in [1.54, 1.807) is 0 Å². The first-order chi connectivity index (χ1) is 18.9. The summed E-state index contributed by atoms with van der Waals surface area (Å²) in [6.07, 6.45) is -15.1. The van der Waals surface area contributed by atoms with Crippen molar-refractivity contribution in [1.29, 1.82) is 0 Å². The number of hydrogen-bond donors (Lipinski definition) is 2. The summed E-state index contributed by atoms with van der Waals surface area (Å²) in [6, 6.07) is 7.60. The molecule has 0 saturated carbocycles. The first kappa shape index (κ1) is 31.2. The highest BCUT2D eigenvalue weighted by Gasteiger charge is 2.37. The monoisotopic (exact) mass is 595 g/mol. The summed E-state index contributed by atoms with van der Waals surface area (Å²) < 4.78 is 131. The number of carbonyl (C=O) groups is 2. The molecule has 15 heteroatoms. The van der Waals surface area contributed by atoms with Crippen molar-refractivity contribution in [3.63, 3.8) is 0 Å². The van der Waals surface area contributed by atoms with E-state index in [1.807, 2.05) is 0 Å². The number of amides is 3. The van der Waals surface area contributed by atoms with Gasteiger partial charge in [-0.25, -0.2) is 9.18 Å². The molecule has 0 radical (unpaired) electrons. The molecule has 0 heterocycles. The smallest absolute Gasteiger partial charge is 0.352 e. The van der Waals surface area contributed by atoms with Crippen molar-refractivity contribution in [2.24, 2.45) is 0 Å². The number of urea groups is 1. The van der Waals surface area contributed by atoms with Crippen LogP contribution in [0.5, 0.6) is 0 Å². The largest absolute Gasteiger partial charge is 0.416 e. The molecule has 0 aromatic heterocycles. The van der Waals surface area contributed by atoms with Gasteiger partial charge in [0.2, 0.25) is 0 Å². The molecular formula is C26H19F10N3O2. The highest BCUT2D eigenvalue weighted by molar-refractivity contribution is 6.01. The third-order valence-corrected chi connectivity index (χ3v) is 5.52. The molecule has 3 aromatic carbocycles. The van der Waals surface area contributed by atoms with Crippen molar-refractivity contribution in [1.82, 2.24) is 5.32 Å². The zero-order chi connectivity index (χ0) is 30.6. The van der Waals surface area contributed by atoms with Crippen LogP contribution >= 0.6 is 0 Å². The SMILES string of the molecule is O=C(NCCCN(C(=O)Nc1cccc(C(F)(F)F)c1)c1ccc(F)cc1)c1cc(C(F)(F)F)cc(C(F)(F)F)c1. The molecule has 0 atom stereocenters. The normalized spacial score (nSPS) is 12.1. The lowest BCUT2D eigenvalue weighted by atomic mass is 10.0. The first-order valence-corrected chi connectivity index (χ1v) is 11.5. The van der Waals surface area contributed by atoms with Gasteiger partial charge in [-0.05, 0) is 67.1 Å². The van der Waals surface area contributed by atoms with Gasteiger partial charge in [-0.1, -0.05) is 6.07 Å². The average Bonchev–Trinajstić information content (AvgIpc) is 2.87. The van der Waals surface area contributed by atoms with E-state index in [9.17, 15) is 53.5 Å².